The van der Waals surface area contributed by atoms with Crippen molar-refractivity contribution in [2.45, 2.75) is 47.5 Å². The van der Waals surface area contributed by atoms with Gasteiger partial charge in [-0.2, -0.15) is 5.10 Å². The van der Waals surface area contributed by atoms with Crippen molar-refractivity contribution >= 4 is 18.7 Å². The molecule has 1 aliphatic carbocycles. The van der Waals surface area contributed by atoms with E-state index in [1.54, 1.807) is 6.92 Å². The van der Waals surface area contributed by atoms with Gasteiger partial charge in [0.25, 0.3) is 0 Å². The summed E-state index contributed by atoms with van der Waals surface area (Å²) in [7, 11) is 0. The van der Waals surface area contributed by atoms with Crippen LogP contribution in [0.1, 0.15) is 47.5 Å². The molecule has 0 heterocycles. The zero-order valence-electron chi connectivity index (χ0n) is 19.9. The minimum Gasteiger partial charge on any atom is -0.492 e. The van der Waals surface area contributed by atoms with Crippen LogP contribution in [0.5, 0.6) is 0 Å². The third kappa shape index (κ3) is 15.9. The zero-order valence-corrected chi connectivity index (χ0v) is 19.9. The molecule has 0 saturated carbocycles. The average molecular weight is 466 g/mol. The molecule has 1 N–H and O–H groups in total. The van der Waals surface area contributed by atoms with Crippen LogP contribution in [-0.4, -0.2) is 30.3 Å². The molecule has 0 spiro atoms. The summed E-state index contributed by atoms with van der Waals surface area (Å²) in [6.45, 7) is 9.03. The number of aldehydes is 1. The lowest BCUT2D eigenvalue weighted by Crippen LogP contribution is -2.08. The molecule has 8 heteroatoms. The standard InChI is InChI=1S/C12H13F3N2O.C11H15NO.C2H6/c1-3-16-17(7-4-8-18)11(5-6-13)9-12(15)10(2)14;1-2-13-11(9-12)8-10-6-4-3-5-7-10;1-2/h3-9H,1-2H3;4,6-9,12H,2-3,5H2,1H3;1-2H3/b6-5+,7-4-,11-9+,12-10-,16-3+;11-8+,12-9?;. The van der Waals surface area contributed by atoms with Crippen molar-refractivity contribution in [2.24, 2.45) is 5.10 Å². The molecule has 0 unspecified atom stereocenters. The molecule has 0 radical (unpaired) electrons. The smallest absolute Gasteiger partial charge is 0.156 e. The van der Waals surface area contributed by atoms with Gasteiger partial charge in [-0.05, 0) is 57.4 Å². The van der Waals surface area contributed by atoms with Crippen molar-refractivity contribution in [2.75, 3.05) is 6.61 Å². The topological polar surface area (TPSA) is 65.8 Å². The molecule has 0 aromatic heterocycles. The van der Waals surface area contributed by atoms with E-state index in [0.29, 0.717) is 18.7 Å². The summed E-state index contributed by atoms with van der Waals surface area (Å²) in [6, 6.07) is 0. The highest BCUT2D eigenvalue weighted by Gasteiger charge is 2.05. The molecule has 0 aromatic rings. The summed E-state index contributed by atoms with van der Waals surface area (Å²) >= 11 is 0. The van der Waals surface area contributed by atoms with Crippen LogP contribution in [0.15, 0.2) is 88.8 Å². The molecule has 0 saturated heterocycles. The van der Waals surface area contributed by atoms with E-state index in [9.17, 15) is 18.0 Å². The number of allylic oxidation sites excluding steroid dienone is 11. The minimum absolute atomic E-state index is 0.0804. The number of nitrogens with one attached hydrogen (secondary N) is 1. The van der Waals surface area contributed by atoms with Gasteiger partial charge >= 0.3 is 0 Å². The first-order chi connectivity index (χ1) is 15.9. The lowest BCUT2D eigenvalue weighted by Gasteiger charge is -2.14. The van der Waals surface area contributed by atoms with Crippen LogP contribution in [0.4, 0.5) is 13.2 Å². The van der Waals surface area contributed by atoms with E-state index in [1.807, 2.05) is 26.8 Å². The van der Waals surface area contributed by atoms with E-state index in [4.69, 9.17) is 10.1 Å². The van der Waals surface area contributed by atoms with Crippen LogP contribution in [0.25, 0.3) is 0 Å². The normalized spacial score (nSPS) is 14.7. The van der Waals surface area contributed by atoms with E-state index in [0.717, 1.165) is 48.6 Å². The third-order valence-electron chi connectivity index (χ3n) is 3.43. The van der Waals surface area contributed by atoms with E-state index in [2.05, 4.69) is 23.3 Å². The Labute approximate surface area is 195 Å². The lowest BCUT2D eigenvalue weighted by molar-refractivity contribution is -0.104. The Bertz CT molecular complexity index is 817. The van der Waals surface area contributed by atoms with Gasteiger partial charge < -0.3 is 10.1 Å². The first kappa shape index (κ1) is 31.8. The first-order valence-electron chi connectivity index (χ1n) is 10.5. The van der Waals surface area contributed by atoms with Gasteiger partial charge in [-0.15, -0.1) is 0 Å². The van der Waals surface area contributed by atoms with Gasteiger partial charge in [-0.25, -0.2) is 18.2 Å². The first-order valence-corrected chi connectivity index (χ1v) is 10.5. The summed E-state index contributed by atoms with van der Waals surface area (Å²) in [6.07, 6.45) is 17.6. The number of hydrogen-bond donors (Lipinski definition) is 1. The van der Waals surface area contributed by atoms with Crippen molar-refractivity contribution < 1.29 is 22.7 Å². The Hall–Kier alpha value is -3.42. The quantitative estimate of drug-likeness (QED) is 0.0913. The van der Waals surface area contributed by atoms with Crippen molar-refractivity contribution in [3.05, 3.63) is 83.7 Å². The van der Waals surface area contributed by atoms with Crippen molar-refractivity contribution in [1.82, 2.24) is 5.01 Å². The summed E-state index contributed by atoms with van der Waals surface area (Å²) in [5, 5.41) is 11.9. The Morgan fingerprint density at radius 2 is 2.00 bits per heavy atom. The molecular formula is C25H34F3N3O2. The highest BCUT2D eigenvalue weighted by Crippen LogP contribution is 2.16. The fraction of sp³-hybridized carbons (Fsp3) is 0.320. The van der Waals surface area contributed by atoms with E-state index < -0.39 is 11.7 Å². The molecule has 182 valence electrons. The van der Waals surface area contributed by atoms with Crippen LogP contribution in [0.2, 0.25) is 0 Å². The number of nitrogens with zero attached hydrogens (tertiary/aromatic N) is 2. The van der Waals surface area contributed by atoms with Gasteiger partial charge in [-0.1, -0.05) is 32.1 Å². The maximum Gasteiger partial charge on any atom is 0.156 e. The van der Waals surface area contributed by atoms with Gasteiger partial charge in [0.2, 0.25) is 0 Å². The maximum atomic E-state index is 13.1. The second-order valence-corrected chi connectivity index (χ2v) is 5.75. The monoisotopic (exact) mass is 465 g/mol. The number of rotatable bonds is 10. The Kier molecular flexibility index (Phi) is 21.0. The lowest BCUT2D eigenvalue weighted by atomic mass is 10.1. The van der Waals surface area contributed by atoms with Crippen LogP contribution in [0.3, 0.4) is 0 Å². The fourth-order valence-corrected chi connectivity index (χ4v) is 2.11. The van der Waals surface area contributed by atoms with Crippen molar-refractivity contribution in [1.29, 1.82) is 5.41 Å². The van der Waals surface area contributed by atoms with Crippen LogP contribution in [-0.2, 0) is 9.53 Å². The molecule has 0 bridgehead atoms. The number of carbonyl (C=O) groups excluding carboxylic acids is 1. The summed E-state index contributed by atoms with van der Waals surface area (Å²) < 4.78 is 43.2. The van der Waals surface area contributed by atoms with Crippen LogP contribution in [0, 0.1) is 5.41 Å². The largest absolute Gasteiger partial charge is 0.492 e. The molecular weight excluding hydrogens is 431 g/mol. The fourth-order valence-electron chi connectivity index (χ4n) is 2.11. The Balaban J connectivity index is 0. The van der Waals surface area contributed by atoms with Gasteiger partial charge in [0, 0.05) is 18.5 Å². The molecule has 1 rings (SSSR count). The molecule has 33 heavy (non-hydrogen) atoms. The molecule has 0 atom stereocenters. The number of ether oxygens (including phenoxy) is 1. The number of hydrazone groups is 1. The predicted molar refractivity (Wildman–Crippen MR) is 131 cm³/mol. The predicted octanol–water partition coefficient (Wildman–Crippen LogP) is 7.40. The third-order valence-corrected chi connectivity index (χ3v) is 3.43. The van der Waals surface area contributed by atoms with Gasteiger partial charge in [0.15, 0.2) is 5.83 Å². The second kappa shape index (κ2) is 21.8. The van der Waals surface area contributed by atoms with Crippen LogP contribution >= 0.6 is 0 Å². The van der Waals surface area contributed by atoms with Crippen molar-refractivity contribution in [3.63, 3.8) is 0 Å². The summed E-state index contributed by atoms with van der Waals surface area (Å²) in [5.41, 5.74) is 1.06. The van der Waals surface area contributed by atoms with E-state index >= 15 is 0 Å². The molecule has 1 aliphatic rings. The van der Waals surface area contributed by atoms with E-state index in [1.165, 1.54) is 18.6 Å². The molecule has 0 aromatic carbocycles. The van der Waals surface area contributed by atoms with Gasteiger partial charge in [0.1, 0.15) is 17.9 Å². The number of hydrogen-bond acceptors (Lipinski definition) is 5. The maximum absolute atomic E-state index is 13.1. The molecule has 5 nitrogen and oxygen atoms in total. The molecule has 0 aliphatic heterocycles. The van der Waals surface area contributed by atoms with Crippen LogP contribution < -0.4 is 0 Å². The number of halogens is 3. The minimum atomic E-state index is -1.15. The van der Waals surface area contributed by atoms with E-state index in [-0.39, 0.29) is 12.0 Å². The molecule has 0 fully saturated rings. The summed E-state index contributed by atoms with van der Waals surface area (Å²) in [5.74, 6) is -1.57. The SMILES string of the molecule is C/C=N/N(/C=C\C=O)C(/C=C/F)=C/C(F)=C(\C)F.CC.CCO/C(C=N)=C/C1=CCCC=C1. The Morgan fingerprint density at radius 1 is 1.30 bits per heavy atom. The highest BCUT2D eigenvalue weighted by atomic mass is 19.2. The number of carbonyl (C=O) groups is 1. The van der Waals surface area contributed by atoms with Crippen molar-refractivity contribution in [3.8, 4) is 0 Å². The molecule has 0 amide bonds. The summed E-state index contributed by atoms with van der Waals surface area (Å²) in [4.78, 5) is 10.2. The van der Waals surface area contributed by atoms with Gasteiger partial charge in [0.05, 0.1) is 24.8 Å². The zero-order chi connectivity index (χ0) is 25.5. The average Bonchev–Trinajstić information content (AvgIpc) is 2.83. The second-order valence-electron chi connectivity index (χ2n) is 5.75. The Morgan fingerprint density at radius 3 is 2.45 bits per heavy atom. The highest BCUT2D eigenvalue weighted by molar-refractivity contribution is 5.74. The van der Waals surface area contributed by atoms with Gasteiger partial charge in [-0.3, -0.25) is 4.79 Å².